The molecular weight excluding hydrogens is 230 g/mol. The average molecular weight is 253 g/mol. The normalized spacial score (nSPS) is 14.1. The van der Waals surface area contributed by atoms with Crippen molar-refractivity contribution in [3.05, 3.63) is 23.8 Å². The quantitative estimate of drug-likeness (QED) is 0.811. The lowest BCUT2D eigenvalue weighted by atomic mass is 9.98. The molecule has 1 aromatic carbocycles. The van der Waals surface area contributed by atoms with Crippen LogP contribution in [0, 0.1) is 0 Å². The Morgan fingerprint density at radius 2 is 1.89 bits per heavy atom. The van der Waals surface area contributed by atoms with E-state index in [4.69, 9.17) is 19.9 Å². The Balaban J connectivity index is 3.04. The van der Waals surface area contributed by atoms with Gasteiger partial charge in [0.2, 0.25) is 0 Å². The van der Waals surface area contributed by atoms with Gasteiger partial charge in [-0.3, -0.25) is 0 Å². The number of benzene rings is 1. The SMILES string of the molecule is CCCC(OC)C(N)c1cc(OC)ccc1OC. The molecule has 0 aliphatic rings. The van der Waals surface area contributed by atoms with E-state index in [9.17, 15) is 0 Å². The van der Waals surface area contributed by atoms with Crippen molar-refractivity contribution in [2.45, 2.75) is 31.9 Å². The fraction of sp³-hybridized carbons (Fsp3) is 0.571. The molecule has 0 fully saturated rings. The van der Waals surface area contributed by atoms with Crippen LogP contribution in [-0.2, 0) is 4.74 Å². The Kier molecular flexibility index (Phi) is 5.95. The second-order valence-electron chi connectivity index (χ2n) is 4.20. The Morgan fingerprint density at radius 3 is 2.39 bits per heavy atom. The number of hydrogen-bond acceptors (Lipinski definition) is 4. The van der Waals surface area contributed by atoms with E-state index in [-0.39, 0.29) is 12.1 Å². The third-order valence-electron chi connectivity index (χ3n) is 3.07. The first kappa shape index (κ1) is 14.8. The third kappa shape index (κ3) is 3.37. The van der Waals surface area contributed by atoms with E-state index in [0.717, 1.165) is 29.9 Å². The molecule has 18 heavy (non-hydrogen) atoms. The zero-order valence-electron chi connectivity index (χ0n) is 11.6. The molecule has 0 spiro atoms. The molecular formula is C14H23NO3. The maximum absolute atomic E-state index is 6.28. The molecule has 1 rings (SSSR count). The largest absolute Gasteiger partial charge is 0.497 e. The van der Waals surface area contributed by atoms with Crippen LogP contribution in [0.15, 0.2) is 18.2 Å². The van der Waals surface area contributed by atoms with Crippen molar-refractivity contribution < 1.29 is 14.2 Å². The first-order chi connectivity index (χ1) is 8.67. The van der Waals surface area contributed by atoms with Crippen LogP contribution >= 0.6 is 0 Å². The lowest BCUT2D eigenvalue weighted by molar-refractivity contribution is 0.0717. The molecule has 1 aromatic rings. The zero-order valence-corrected chi connectivity index (χ0v) is 11.6. The Morgan fingerprint density at radius 1 is 1.17 bits per heavy atom. The summed E-state index contributed by atoms with van der Waals surface area (Å²) in [6, 6.07) is 5.41. The molecule has 2 unspecified atom stereocenters. The van der Waals surface area contributed by atoms with Crippen molar-refractivity contribution in [2.24, 2.45) is 5.73 Å². The van der Waals surface area contributed by atoms with Crippen molar-refractivity contribution in [1.82, 2.24) is 0 Å². The molecule has 0 aliphatic carbocycles. The van der Waals surface area contributed by atoms with Crippen LogP contribution < -0.4 is 15.2 Å². The number of nitrogens with two attached hydrogens (primary N) is 1. The van der Waals surface area contributed by atoms with E-state index in [1.807, 2.05) is 18.2 Å². The van der Waals surface area contributed by atoms with Crippen LogP contribution in [0.4, 0.5) is 0 Å². The monoisotopic (exact) mass is 253 g/mol. The lowest BCUT2D eigenvalue weighted by Crippen LogP contribution is -2.28. The molecule has 0 saturated carbocycles. The first-order valence-electron chi connectivity index (χ1n) is 6.18. The summed E-state index contributed by atoms with van der Waals surface area (Å²) in [5.74, 6) is 1.54. The minimum Gasteiger partial charge on any atom is -0.497 e. The first-order valence-corrected chi connectivity index (χ1v) is 6.18. The zero-order chi connectivity index (χ0) is 13.5. The summed E-state index contributed by atoms with van der Waals surface area (Å²) in [5.41, 5.74) is 7.19. The van der Waals surface area contributed by atoms with Crippen LogP contribution in [0.3, 0.4) is 0 Å². The Bertz CT molecular complexity index is 368. The van der Waals surface area contributed by atoms with Gasteiger partial charge in [-0.2, -0.15) is 0 Å². The fourth-order valence-electron chi connectivity index (χ4n) is 2.03. The highest BCUT2D eigenvalue weighted by atomic mass is 16.5. The highest BCUT2D eigenvalue weighted by Crippen LogP contribution is 2.31. The van der Waals surface area contributed by atoms with E-state index in [1.54, 1.807) is 21.3 Å². The molecule has 0 aliphatic heterocycles. The summed E-state index contributed by atoms with van der Waals surface area (Å²) in [7, 11) is 4.96. The van der Waals surface area contributed by atoms with Gasteiger partial charge in [-0.25, -0.2) is 0 Å². The molecule has 0 heterocycles. The number of hydrogen-bond donors (Lipinski definition) is 1. The van der Waals surface area contributed by atoms with Gasteiger partial charge in [0.1, 0.15) is 11.5 Å². The predicted molar refractivity (Wildman–Crippen MR) is 72.2 cm³/mol. The predicted octanol–water partition coefficient (Wildman–Crippen LogP) is 2.52. The Labute approximate surface area is 109 Å². The minimum atomic E-state index is -0.222. The second-order valence-corrected chi connectivity index (χ2v) is 4.20. The third-order valence-corrected chi connectivity index (χ3v) is 3.07. The topological polar surface area (TPSA) is 53.7 Å². The summed E-state index contributed by atoms with van der Waals surface area (Å²) >= 11 is 0. The molecule has 0 aromatic heterocycles. The smallest absolute Gasteiger partial charge is 0.123 e. The van der Waals surface area contributed by atoms with E-state index < -0.39 is 0 Å². The van der Waals surface area contributed by atoms with Crippen LogP contribution in [0.5, 0.6) is 11.5 Å². The highest BCUT2D eigenvalue weighted by molar-refractivity contribution is 5.42. The van der Waals surface area contributed by atoms with Crippen LogP contribution in [-0.4, -0.2) is 27.4 Å². The van der Waals surface area contributed by atoms with Crippen LogP contribution in [0.25, 0.3) is 0 Å². The van der Waals surface area contributed by atoms with Crippen LogP contribution in [0.2, 0.25) is 0 Å². The summed E-state index contributed by atoms with van der Waals surface area (Å²) in [6.07, 6.45) is 1.92. The van der Waals surface area contributed by atoms with Crippen molar-refractivity contribution >= 4 is 0 Å². The van der Waals surface area contributed by atoms with Gasteiger partial charge in [0.05, 0.1) is 26.4 Å². The molecule has 0 bridgehead atoms. The minimum absolute atomic E-state index is 0.0176. The van der Waals surface area contributed by atoms with Crippen molar-refractivity contribution in [2.75, 3.05) is 21.3 Å². The van der Waals surface area contributed by atoms with E-state index in [0.29, 0.717) is 0 Å². The van der Waals surface area contributed by atoms with E-state index in [2.05, 4.69) is 6.92 Å². The van der Waals surface area contributed by atoms with Gasteiger partial charge < -0.3 is 19.9 Å². The number of rotatable bonds is 7. The molecule has 2 atom stereocenters. The molecule has 102 valence electrons. The van der Waals surface area contributed by atoms with Gasteiger partial charge in [-0.05, 0) is 24.6 Å². The van der Waals surface area contributed by atoms with Crippen molar-refractivity contribution in [3.63, 3.8) is 0 Å². The molecule has 0 amide bonds. The Hall–Kier alpha value is -1.26. The summed E-state index contributed by atoms with van der Waals surface area (Å²) in [6.45, 7) is 2.11. The molecule has 4 heteroatoms. The van der Waals surface area contributed by atoms with E-state index >= 15 is 0 Å². The number of ether oxygens (including phenoxy) is 3. The standard InChI is InChI=1S/C14H23NO3/c1-5-6-13(18-4)14(15)11-9-10(16-2)7-8-12(11)17-3/h7-9,13-14H,5-6,15H2,1-4H3. The molecule has 4 nitrogen and oxygen atoms in total. The maximum atomic E-state index is 6.28. The van der Waals surface area contributed by atoms with Gasteiger partial charge in [-0.15, -0.1) is 0 Å². The van der Waals surface area contributed by atoms with Crippen molar-refractivity contribution in [3.8, 4) is 11.5 Å². The molecule has 0 saturated heterocycles. The fourth-order valence-corrected chi connectivity index (χ4v) is 2.03. The van der Waals surface area contributed by atoms with Gasteiger partial charge in [0, 0.05) is 12.7 Å². The maximum Gasteiger partial charge on any atom is 0.123 e. The lowest BCUT2D eigenvalue weighted by Gasteiger charge is -2.24. The van der Waals surface area contributed by atoms with Gasteiger partial charge in [0.25, 0.3) is 0 Å². The van der Waals surface area contributed by atoms with Gasteiger partial charge >= 0.3 is 0 Å². The number of methoxy groups -OCH3 is 3. The second kappa shape index (κ2) is 7.24. The molecule has 0 radical (unpaired) electrons. The summed E-state index contributed by atoms with van der Waals surface area (Å²) in [4.78, 5) is 0. The summed E-state index contributed by atoms with van der Waals surface area (Å²) < 4.78 is 16.0. The van der Waals surface area contributed by atoms with Gasteiger partial charge in [-0.1, -0.05) is 13.3 Å². The van der Waals surface area contributed by atoms with Crippen molar-refractivity contribution in [1.29, 1.82) is 0 Å². The molecule has 2 N–H and O–H groups in total. The summed E-state index contributed by atoms with van der Waals surface area (Å²) in [5, 5.41) is 0. The average Bonchev–Trinajstić information content (AvgIpc) is 2.43. The van der Waals surface area contributed by atoms with Gasteiger partial charge in [0.15, 0.2) is 0 Å². The highest BCUT2D eigenvalue weighted by Gasteiger charge is 2.22. The van der Waals surface area contributed by atoms with E-state index in [1.165, 1.54) is 0 Å². The van der Waals surface area contributed by atoms with Crippen LogP contribution in [0.1, 0.15) is 31.4 Å².